The predicted molar refractivity (Wildman–Crippen MR) is 109 cm³/mol. The predicted octanol–water partition coefficient (Wildman–Crippen LogP) is 4.14. The molecule has 138 valence electrons. The fourth-order valence-corrected chi connectivity index (χ4v) is 3.01. The van der Waals surface area contributed by atoms with Gasteiger partial charge in [0, 0.05) is 27.7 Å². The highest BCUT2D eigenvalue weighted by Gasteiger charge is 2.16. The number of halogens is 1. The van der Waals surface area contributed by atoms with Crippen molar-refractivity contribution in [2.24, 2.45) is 0 Å². The van der Waals surface area contributed by atoms with Gasteiger partial charge in [0.2, 0.25) is 5.88 Å². The quantitative estimate of drug-likeness (QED) is 0.538. The van der Waals surface area contributed by atoms with Crippen LogP contribution in [0.4, 0.5) is 5.69 Å². The third kappa shape index (κ3) is 4.64. The van der Waals surface area contributed by atoms with Gasteiger partial charge in [0.15, 0.2) is 11.5 Å². The first-order valence-corrected chi connectivity index (χ1v) is 8.95. The van der Waals surface area contributed by atoms with E-state index >= 15 is 0 Å². The van der Waals surface area contributed by atoms with E-state index in [2.05, 4.69) is 37.9 Å². The minimum absolute atomic E-state index is 0.267. The Morgan fingerprint density at radius 2 is 1.85 bits per heavy atom. The summed E-state index contributed by atoms with van der Waals surface area (Å²) in [5, 5.41) is 2.86. The summed E-state index contributed by atoms with van der Waals surface area (Å²) >= 11 is 2.09. The zero-order chi connectivity index (χ0) is 19.2. The lowest BCUT2D eigenvalue weighted by Crippen LogP contribution is -2.14. The van der Waals surface area contributed by atoms with E-state index in [9.17, 15) is 4.79 Å². The summed E-state index contributed by atoms with van der Waals surface area (Å²) in [6, 6.07) is 10.4. The Kier molecular flexibility index (Phi) is 6.07. The second kappa shape index (κ2) is 8.67. The molecule has 3 aromatic rings. The number of rotatable bonds is 6. The lowest BCUT2D eigenvalue weighted by atomic mass is 10.1. The maximum atomic E-state index is 12.7. The number of nitrogens with zero attached hydrogens (tertiary/aromatic N) is 2. The second-order valence-electron chi connectivity index (χ2n) is 5.31. The number of methoxy groups -OCH3 is 2. The van der Waals surface area contributed by atoms with E-state index in [1.807, 2.05) is 0 Å². The van der Waals surface area contributed by atoms with Crippen LogP contribution in [0.25, 0.3) is 0 Å². The number of carbonyl (C=O) groups is 1. The van der Waals surface area contributed by atoms with Crippen LogP contribution in [0.3, 0.4) is 0 Å². The van der Waals surface area contributed by atoms with Gasteiger partial charge in [-0.05, 0) is 46.9 Å². The Bertz CT molecular complexity index is 951. The number of benzene rings is 2. The molecule has 1 amide bonds. The Labute approximate surface area is 169 Å². The molecule has 1 aromatic heterocycles. The molecule has 3 rings (SSSR count). The number of ether oxygens (including phenoxy) is 3. The summed E-state index contributed by atoms with van der Waals surface area (Å²) in [4.78, 5) is 20.7. The van der Waals surface area contributed by atoms with E-state index in [0.29, 0.717) is 34.4 Å². The number of amides is 1. The molecule has 0 spiro atoms. The van der Waals surface area contributed by atoms with Gasteiger partial charge in [0.25, 0.3) is 5.91 Å². The van der Waals surface area contributed by atoms with Crippen molar-refractivity contribution in [3.63, 3.8) is 0 Å². The Morgan fingerprint density at radius 1 is 1.07 bits per heavy atom. The molecule has 0 unspecified atom stereocenters. The maximum absolute atomic E-state index is 12.7. The monoisotopic (exact) mass is 477 g/mol. The molecule has 0 bridgehead atoms. The summed E-state index contributed by atoms with van der Waals surface area (Å²) in [6.07, 6.45) is 4.62. The summed E-state index contributed by atoms with van der Waals surface area (Å²) < 4.78 is 16.9. The van der Waals surface area contributed by atoms with Crippen molar-refractivity contribution < 1.29 is 19.0 Å². The van der Waals surface area contributed by atoms with Gasteiger partial charge >= 0.3 is 0 Å². The summed E-state index contributed by atoms with van der Waals surface area (Å²) in [7, 11) is 3.08. The summed E-state index contributed by atoms with van der Waals surface area (Å²) in [5.41, 5.74) is 1.07. The number of aromatic nitrogens is 2. The van der Waals surface area contributed by atoms with Crippen LogP contribution >= 0.6 is 22.6 Å². The molecule has 0 saturated heterocycles. The van der Waals surface area contributed by atoms with Gasteiger partial charge in [0.05, 0.1) is 26.0 Å². The largest absolute Gasteiger partial charge is 0.493 e. The van der Waals surface area contributed by atoms with Crippen LogP contribution in [0.5, 0.6) is 23.1 Å². The average Bonchev–Trinajstić information content (AvgIpc) is 2.68. The van der Waals surface area contributed by atoms with E-state index in [-0.39, 0.29) is 5.91 Å². The molecule has 1 N–H and O–H groups in total. The van der Waals surface area contributed by atoms with Crippen LogP contribution in [-0.4, -0.2) is 30.1 Å². The molecule has 0 atom stereocenters. The molecule has 0 saturated carbocycles. The zero-order valence-electron chi connectivity index (χ0n) is 14.6. The molecule has 0 radical (unpaired) electrons. The first-order valence-electron chi connectivity index (χ1n) is 7.87. The molecule has 1 heterocycles. The molecule has 0 aliphatic heterocycles. The highest BCUT2D eigenvalue weighted by atomic mass is 127. The Morgan fingerprint density at radius 3 is 2.56 bits per heavy atom. The molecule has 8 heteroatoms. The molecule has 2 aromatic carbocycles. The van der Waals surface area contributed by atoms with Crippen molar-refractivity contribution in [3.8, 4) is 23.1 Å². The second-order valence-corrected chi connectivity index (χ2v) is 6.48. The van der Waals surface area contributed by atoms with E-state index in [0.717, 1.165) is 3.57 Å². The molecule has 0 aliphatic rings. The normalized spacial score (nSPS) is 10.2. The third-order valence-corrected chi connectivity index (χ3v) is 4.46. The lowest BCUT2D eigenvalue weighted by Gasteiger charge is -2.12. The van der Waals surface area contributed by atoms with Crippen LogP contribution in [0, 0.1) is 3.57 Å². The van der Waals surface area contributed by atoms with Gasteiger partial charge < -0.3 is 19.5 Å². The Hall–Kier alpha value is -2.88. The summed E-state index contributed by atoms with van der Waals surface area (Å²) in [6.45, 7) is 0. The highest BCUT2D eigenvalue weighted by Crippen LogP contribution is 2.32. The standard InChI is InChI=1S/C19H16IN3O4/c1-25-16-9-14(15(20)10-17(16)26-2)19(24)23-12-4-3-5-13(8-12)27-18-11-21-6-7-22-18/h3-11H,1-2H3,(H,23,24). The molecule has 0 aliphatic carbocycles. The van der Waals surface area contributed by atoms with Crippen LogP contribution in [0.15, 0.2) is 55.0 Å². The van der Waals surface area contributed by atoms with Crippen LogP contribution in [0.1, 0.15) is 10.4 Å². The Balaban J connectivity index is 1.79. The van der Waals surface area contributed by atoms with Gasteiger partial charge in [-0.2, -0.15) is 0 Å². The number of hydrogen-bond donors (Lipinski definition) is 1. The maximum Gasteiger partial charge on any atom is 0.256 e. The number of hydrogen-bond acceptors (Lipinski definition) is 6. The van der Waals surface area contributed by atoms with Crippen molar-refractivity contribution >= 4 is 34.2 Å². The minimum Gasteiger partial charge on any atom is -0.493 e. The van der Waals surface area contributed by atoms with Crippen molar-refractivity contribution in [1.82, 2.24) is 9.97 Å². The molecule has 27 heavy (non-hydrogen) atoms. The van der Waals surface area contributed by atoms with Crippen molar-refractivity contribution in [2.75, 3.05) is 19.5 Å². The van der Waals surface area contributed by atoms with Crippen LogP contribution < -0.4 is 19.5 Å². The van der Waals surface area contributed by atoms with Crippen molar-refractivity contribution in [2.45, 2.75) is 0 Å². The number of anilines is 1. The highest BCUT2D eigenvalue weighted by molar-refractivity contribution is 14.1. The smallest absolute Gasteiger partial charge is 0.256 e. The fraction of sp³-hybridized carbons (Fsp3) is 0.105. The lowest BCUT2D eigenvalue weighted by molar-refractivity contribution is 0.102. The van der Waals surface area contributed by atoms with E-state index in [1.165, 1.54) is 13.3 Å². The first-order chi connectivity index (χ1) is 13.1. The SMILES string of the molecule is COc1cc(I)c(C(=O)Nc2cccc(Oc3cnccn3)c2)cc1OC. The van der Waals surface area contributed by atoms with E-state index < -0.39 is 0 Å². The topological polar surface area (TPSA) is 82.6 Å². The third-order valence-electron chi connectivity index (χ3n) is 3.57. The number of nitrogens with one attached hydrogen (secondary N) is 1. The van der Waals surface area contributed by atoms with Crippen LogP contribution in [0.2, 0.25) is 0 Å². The van der Waals surface area contributed by atoms with Crippen LogP contribution in [-0.2, 0) is 0 Å². The minimum atomic E-state index is -0.267. The van der Waals surface area contributed by atoms with E-state index in [4.69, 9.17) is 14.2 Å². The molecule has 0 fully saturated rings. The first kappa shape index (κ1) is 18.9. The van der Waals surface area contributed by atoms with Gasteiger partial charge in [-0.3, -0.25) is 9.78 Å². The zero-order valence-corrected chi connectivity index (χ0v) is 16.8. The van der Waals surface area contributed by atoms with Gasteiger partial charge in [-0.15, -0.1) is 0 Å². The fourth-order valence-electron chi connectivity index (χ4n) is 2.32. The summed E-state index contributed by atoms with van der Waals surface area (Å²) in [5.74, 6) is 1.70. The molecular weight excluding hydrogens is 461 g/mol. The van der Waals surface area contributed by atoms with Gasteiger partial charge in [-0.25, -0.2) is 4.98 Å². The van der Waals surface area contributed by atoms with Crippen molar-refractivity contribution in [3.05, 3.63) is 64.1 Å². The van der Waals surface area contributed by atoms with Gasteiger partial charge in [-0.1, -0.05) is 6.07 Å². The molecular formula is C19H16IN3O4. The van der Waals surface area contributed by atoms with Gasteiger partial charge in [0.1, 0.15) is 5.75 Å². The van der Waals surface area contributed by atoms with E-state index in [1.54, 1.807) is 55.9 Å². The number of carbonyl (C=O) groups excluding carboxylic acids is 1. The average molecular weight is 477 g/mol. The van der Waals surface area contributed by atoms with Crippen molar-refractivity contribution in [1.29, 1.82) is 0 Å². The molecule has 7 nitrogen and oxygen atoms in total.